The van der Waals surface area contributed by atoms with Crippen LogP contribution < -0.4 is 10.2 Å². The molecule has 1 amide bonds. The zero-order valence-electron chi connectivity index (χ0n) is 15.5. The van der Waals surface area contributed by atoms with Crippen LogP contribution >= 0.6 is 24.8 Å². The highest BCUT2D eigenvalue weighted by Gasteiger charge is 2.24. The van der Waals surface area contributed by atoms with E-state index >= 15 is 0 Å². The molecule has 150 valence electrons. The minimum Gasteiger partial charge on any atom is -0.352 e. The second-order valence-electron chi connectivity index (χ2n) is 6.97. The van der Waals surface area contributed by atoms with Crippen LogP contribution in [0.1, 0.15) is 19.3 Å². The quantitative estimate of drug-likeness (QED) is 0.808. The molecule has 1 unspecified atom stereocenters. The van der Waals surface area contributed by atoms with Crippen molar-refractivity contribution in [1.29, 1.82) is 0 Å². The standard InChI is InChI=1S/C17H25N7O.2ClH/c1-22-16-14(11-21-22)17(20-12-19-16)24-8-6-23(7-9-24)15(25)3-2-13-4-5-18-10-13;;/h11-13,18H,2-10H2,1H3;2*1H. The van der Waals surface area contributed by atoms with Gasteiger partial charge in [-0.1, -0.05) is 0 Å². The summed E-state index contributed by atoms with van der Waals surface area (Å²) >= 11 is 0. The lowest BCUT2D eigenvalue weighted by Gasteiger charge is -2.35. The van der Waals surface area contributed by atoms with E-state index in [-0.39, 0.29) is 24.8 Å². The molecule has 2 aromatic heterocycles. The molecule has 8 nitrogen and oxygen atoms in total. The van der Waals surface area contributed by atoms with E-state index in [9.17, 15) is 4.79 Å². The molecule has 0 spiro atoms. The molecule has 2 aromatic rings. The smallest absolute Gasteiger partial charge is 0.222 e. The number of hydrogen-bond donors (Lipinski definition) is 1. The highest BCUT2D eigenvalue weighted by atomic mass is 35.5. The Bertz CT molecular complexity index is 755. The van der Waals surface area contributed by atoms with Crippen LogP contribution in [0.4, 0.5) is 5.82 Å². The lowest BCUT2D eigenvalue weighted by molar-refractivity contribution is -0.131. The van der Waals surface area contributed by atoms with Gasteiger partial charge >= 0.3 is 0 Å². The predicted octanol–water partition coefficient (Wildman–Crippen LogP) is 1.25. The van der Waals surface area contributed by atoms with Crippen molar-refractivity contribution in [2.75, 3.05) is 44.2 Å². The van der Waals surface area contributed by atoms with Crippen LogP contribution in [0.15, 0.2) is 12.5 Å². The normalized spacial score (nSPS) is 19.7. The number of piperazine rings is 1. The predicted molar refractivity (Wildman–Crippen MR) is 110 cm³/mol. The largest absolute Gasteiger partial charge is 0.352 e. The van der Waals surface area contributed by atoms with Gasteiger partial charge in [0.15, 0.2) is 5.65 Å². The van der Waals surface area contributed by atoms with Crippen LogP contribution in [0.3, 0.4) is 0 Å². The van der Waals surface area contributed by atoms with E-state index in [4.69, 9.17) is 0 Å². The first kappa shape index (κ1) is 21.7. The number of rotatable bonds is 4. The number of nitrogens with zero attached hydrogens (tertiary/aromatic N) is 6. The summed E-state index contributed by atoms with van der Waals surface area (Å²) in [7, 11) is 1.88. The Morgan fingerprint density at radius 3 is 2.70 bits per heavy atom. The van der Waals surface area contributed by atoms with Gasteiger partial charge in [-0.2, -0.15) is 5.10 Å². The van der Waals surface area contributed by atoms with Crippen molar-refractivity contribution in [2.24, 2.45) is 13.0 Å². The molecule has 1 N–H and O–H groups in total. The SMILES string of the molecule is Cl.Cl.Cn1ncc2c(N3CCN(C(=O)CCC4CCNC4)CC3)ncnc21. The molecular weight excluding hydrogens is 389 g/mol. The third kappa shape index (κ3) is 4.62. The Hall–Kier alpha value is -1.64. The first-order valence-electron chi connectivity index (χ1n) is 9.08. The van der Waals surface area contributed by atoms with Gasteiger partial charge in [0.1, 0.15) is 12.1 Å². The highest BCUT2D eigenvalue weighted by Crippen LogP contribution is 2.23. The van der Waals surface area contributed by atoms with Crippen molar-refractivity contribution in [3.8, 4) is 0 Å². The Morgan fingerprint density at radius 2 is 2.00 bits per heavy atom. The van der Waals surface area contributed by atoms with Gasteiger partial charge in [0.05, 0.1) is 11.6 Å². The summed E-state index contributed by atoms with van der Waals surface area (Å²) in [5, 5.41) is 8.61. The van der Waals surface area contributed by atoms with Gasteiger partial charge in [0.2, 0.25) is 5.91 Å². The number of hydrogen-bond acceptors (Lipinski definition) is 6. The van der Waals surface area contributed by atoms with Crippen molar-refractivity contribution in [3.63, 3.8) is 0 Å². The summed E-state index contributed by atoms with van der Waals surface area (Å²) in [5.41, 5.74) is 0.841. The van der Waals surface area contributed by atoms with Crippen LogP contribution in [-0.2, 0) is 11.8 Å². The maximum atomic E-state index is 12.5. The molecule has 4 rings (SSSR count). The number of aryl methyl sites for hydroxylation is 1. The molecule has 1 atom stereocenters. The molecule has 0 aliphatic carbocycles. The van der Waals surface area contributed by atoms with Crippen LogP contribution in [0.2, 0.25) is 0 Å². The van der Waals surface area contributed by atoms with Crippen molar-refractivity contribution in [1.82, 2.24) is 30.0 Å². The van der Waals surface area contributed by atoms with Crippen LogP contribution in [-0.4, -0.2) is 69.8 Å². The Morgan fingerprint density at radius 1 is 1.22 bits per heavy atom. The Kier molecular flexibility index (Phi) is 7.64. The van der Waals surface area contributed by atoms with E-state index in [2.05, 4.69) is 25.3 Å². The molecule has 0 saturated carbocycles. The number of nitrogens with one attached hydrogen (secondary N) is 1. The third-order valence-corrected chi connectivity index (χ3v) is 5.37. The summed E-state index contributed by atoms with van der Waals surface area (Å²) < 4.78 is 1.76. The van der Waals surface area contributed by atoms with Crippen molar-refractivity contribution in [3.05, 3.63) is 12.5 Å². The lowest BCUT2D eigenvalue weighted by atomic mass is 10.0. The lowest BCUT2D eigenvalue weighted by Crippen LogP contribution is -2.49. The van der Waals surface area contributed by atoms with Crippen LogP contribution in [0.5, 0.6) is 0 Å². The highest BCUT2D eigenvalue weighted by molar-refractivity contribution is 5.87. The average Bonchev–Trinajstić information content (AvgIpc) is 3.30. The number of amides is 1. The molecule has 2 saturated heterocycles. The second-order valence-corrected chi connectivity index (χ2v) is 6.97. The van der Waals surface area contributed by atoms with Crippen molar-refractivity contribution >= 4 is 47.6 Å². The molecule has 0 radical (unpaired) electrons. The fourth-order valence-electron chi connectivity index (χ4n) is 3.82. The topological polar surface area (TPSA) is 79.2 Å². The number of anilines is 1. The van der Waals surface area contributed by atoms with Gasteiger partial charge in [-0.25, -0.2) is 9.97 Å². The zero-order valence-corrected chi connectivity index (χ0v) is 17.1. The average molecular weight is 416 g/mol. The van der Waals surface area contributed by atoms with Gasteiger partial charge in [0.25, 0.3) is 0 Å². The van der Waals surface area contributed by atoms with Crippen molar-refractivity contribution in [2.45, 2.75) is 19.3 Å². The molecule has 27 heavy (non-hydrogen) atoms. The molecular formula is C17H27Cl2N7O. The van der Waals surface area contributed by atoms with Crippen LogP contribution in [0.25, 0.3) is 11.0 Å². The van der Waals surface area contributed by atoms with Gasteiger partial charge in [-0.05, 0) is 31.8 Å². The number of carbonyl (C=O) groups is 1. The summed E-state index contributed by atoms with van der Waals surface area (Å²) in [6, 6.07) is 0. The fraction of sp³-hybridized carbons (Fsp3) is 0.647. The third-order valence-electron chi connectivity index (χ3n) is 5.37. The maximum Gasteiger partial charge on any atom is 0.222 e. The van der Waals surface area contributed by atoms with Gasteiger partial charge in [-0.3, -0.25) is 9.48 Å². The van der Waals surface area contributed by atoms with E-state index in [1.807, 2.05) is 18.1 Å². The number of halogens is 2. The second kappa shape index (κ2) is 9.52. The van der Waals surface area contributed by atoms with E-state index in [1.54, 1.807) is 11.0 Å². The van der Waals surface area contributed by atoms with Crippen LogP contribution in [0, 0.1) is 5.92 Å². The fourth-order valence-corrected chi connectivity index (χ4v) is 3.82. The van der Waals surface area contributed by atoms with E-state index in [0.29, 0.717) is 18.2 Å². The van der Waals surface area contributed by atoms with E-state index < -0.39 is 0 Å². The summed E-state index contributed by atoms with van der Waals surface area (Å²) in [6.45, 7) is 5.28. The Labute approximate surface area is 171 Å². The first-order valence-corrected chi connectivity index (χ1v) is 9.08. The Balaban J connectivity index is 0.00000131. The molecule has 2 aliphatic rings. The van der Waals surface area contributed by atoms with Crippen molar-refractivity contribution < 1.29 is 4.79 Å². The minimum absolute atomic E-state index is 0. The summed E-state index contributed by atoms with van der Waals surface area (Å²) in [6.07, 6.45) is 6.29. The van der Waals surface area contributed by atoms with Gasteiger partial charge in [0, 0.05) is 39.6 Å². The van der Waals surface area contributed by atoms with E-state index in [1.165, 1.54) is 6.42 Å². The number of carbonyl (C=O) groups excluding carboxylic acids is 1. The molecule has 2 aliphatic heterocycles. The summed E-state index contributed by atoms with van der Waals surface area (Å²) in [4.78, 5) is 25.4. The molecule has 10 heteroatoms. The molecule has 4 heterocycles. The first-order chi connectivity index (χ1) is 12.2. The van der Waals surface area contributed by atoms with Gasteiger partial charge in [-0.15, -0.1) is 24.8 Å². The van der Waals surface area contributed by atoms with E-state index in [0.717, 1.165) is 62.5 Å². The summed E-state index contributed by atoms with van der Waals surface area (Å²) in [5.74, 6) is 1.88. The van der Waals surface area contributed by atoms with Gasteiger partial charge < -0.3 is 15.1 Å². The number of aromatic nitrogens is 4. The molecule has 0 bridgehead atoms. The zero-order chi connectivity index (χ0) is 17.2. The monoisotopic (exact) mass is 415 g/mol. The minimum atomic E-state index is 0. The maximum absolute atomic E-state index is 12.5. The molecule has 2 fully saturated rings. The molecule has 0 aromatic carbocycles. The number of fused-ring (bicyclic) bond motifs is 1.